The van der Waals surface area contributed by atoms with Crippen LogP contribution in [0, 0.1) is 11.8 Å². The van der Waals surface area contributed by atoms with Crippen LogP contribution in [-0.2, 0) is 0 Å². The zero-order valence-electron chi connectivity index (χ0n) is 5.72. The largest absolute Gasteiger partial charge is 0.0917 e. The number of rotatable bonds is 2. The molecule has 1 aliphatic rings. The molecule has 8 heavy (non-hydrogen) atoms. The van der Waals surface area contributed by atoms with Gasteiger partial charge >= 0.3 is 0 Å². The van der Waals surface area contributed by atoms with Gasteiger partial charge in [-0.25, -0.2) is 0 Å². The third-order valence-corrected chi connectivity index (χ3v) is 1.95. The maximum Gasteiger partial charge on any atom is -0.0320 e. The molecule has 0 aromatic heterocycles. The molecule has 0 aromatic carbocycles. The van der Waals surface area contributed by atoms with Crippen LogP contribution in [0.5, 0.6) is 0 Å². The Morgan fingerprint density at radius 1 is 1.62 bits per heavy atom. The van der Waals surface area contributed by atoms with E-state index in [4.69, 9.17) is 0 Å². The van der Waals surface area contributed by atoms with Gasteiger partial charge in [0.15, 0.2) is 0 Å². The SMILES string of the molecule is C/C=C/CC1CC1C. The maximum absolute atomic E-state index is 2.33. The molecule has 1 fully saturated rings. The Morgan fingerprint density at radius 2 is 2.25 bits per heavy atom. The second-order valence-corrected chi connectivity index (χ2v) is 2.78. The van der Waals surface area contributed by atoms with Crippen LogP contribution < -0.4 is 0 Å². The van der Waals surface area contributed by atoms with E-state index in [9.17, 15) is 0 Å². The van der Waals surface area contributed by atoms with Crippen LogP contribution in [0.1, 0.15) is 26.7 Å². The summed E-state index contributed by atoms with van der Waals surface area (Å²) in [7, 11) is 0. The third-order valence-electron chi connectivity index (χ3n) is 1.95. The van der Waals surface area contributed by atoms with E-state index in [-0.39, 0.29) is 0 Å². The highest BCUT2D eigenvalue weighted by atomic mass is 14.4. The molecular formula is C8H14. The lowest BCUT2D eigenvalue weighted by Gasteiger charge is -1.84. The van der Waals surface area contributed by atoms with E-state index in [1.165, 1.54) is 12.8 Å². The van der Waals surface area contributed by atoms with Crippen molar-refractivity contribution in [1.29, 1.82) is 0 Å². The summed E-state index contributed by atoms with van der Waals surface area (Å²) in [6.07, 6.45) is 7.20. The lowest BCUT2D eigenvalue weighted by atomic mass is 10.2. The van der Waals surface area contributed by atoms with Gasteiger partial charge in [-0.1, -0.05) is 19.1 Å². The Balaban J connectivity index is 2.05. The van der Waals surface area contributed by atoms with Crippen molar-refractivity contribution in [2.24, 2.45) is 11.8 Å². The zero-order valence-corrected chi connectivity index (χ0v) is 5.72. The van der Waals surface area contributed by atoms with Crippen molar-refractivity contribution in [2.45, 2.75) is 26.7 Å². The maximum atomic E-state index is 2.33. The van der Waals surface area contributed by atoms with E-state index in [2.05, 4.69) is 26.0 Å². The standard InChI is InChI=1S/C8H14/c1-3-4-5-8-6-7(8)2/h3-4,7-8H,5-6H2,1-2H3/b4-3+. The second-order valence-electron chi connectivity index (χ2n) is 2.78. The van der Waals surface area contributed by atoms with E-state index in [0.29, 0.717) is 0 Å². The van der Waals surface area contributed by atoms with Gasteiger partial charge in [-0.3, -0.25) is 0 Å². The van der Waals surface area contributed by atoms with E-state index in [0.717, 1.165) is 11.8 Å². The highest BCUT2D eigenvalue weighted by Crippen LogP contribution is 2.40. The molecule has 0 aromatic rings. The van der Waals surface area contributed by atoms with Gasteiger partial charge in [-0.05, 0) is 31.6 Å². The summed E-state index contributed by atoms with van der Waals surface area (Å²) < 4.78 is 0. The van der Waals surface area contributed by atoms with Crippen LogP contribution in [-0.4, -0.2) is 0 Å². The molecular weight excluding hydrogens is 96.1 g/mol. The zero-order chi connectivity index (χ0) is 5.98. The Kier molecular flexibility index (Phi) is 1.72. The summed E-state index contributed by atoms with van der Waals surface area (Å²) in [6, 6.07) is 0. The predicted octanol–water partition coefficient (Wildman–Crippen LogP) is 2.61. The van der Waals surface area contributed by atoms with E-state index in [1.54, 1.807) is 0 Å². The number of hydrogen-bond donors (Lipinski definition) is 0. The molecule has 0 heteroatoms. The average Bonchev–Trinajstić information content (AvgIpc) is 2.42. The third kappa shape index (κ3) is 1.36. The van der Waals surface area contributed by atoms with Gasteiger partial charge < -0.3 is 0 Å². The van der Waals surface area contributed by atoms with Crippen molar-refractivity contribution in [2.75, 3.05) is 0 Å². The minimum atomic E-state index is 1.02. The molecule has 0 bridgehead atoms. The van der Waals surface area contributed by atoms with Gasteiger partial charge in [-0.2, -0.15) is 0 Å². The number of hydrogen-bond acceptors (Lipinski definition) is 0. The van der Waals surface area contributed by atoms with Crippen molar-refractivity contribution < 1.29 is 0 Å². The fraction of sp³-hybridized carbons (Fsp3) is 0.750. The molecule has 0 aliphatic heterocycles. The molecule has 2 unspecified atom stereocenters. The summed E-state index contributed by atoms with van der Waals surface area (Å²) in [4.78, 5) is 0. The first-order chi connectivity index (χ1) is 3.84. The first-order valence-electron chi connectivity index (χ1n) is 3.45. The summed E-state index contributed by atoms with van der Waals surface area (Å²) in [5.74, 6) is 2.05. The lowest BCUT2D eigenvalue weighted by Crippen LogP contribution is -1.71. The Bertz CT molecular complexity index is 92.2. The first kappa shape index (κ1) is 5.87. The quantitative estimate of drug-likeness (QED) is 0.479. The van der Waals surface area contributed by atoms with Crippen LogP contribution in [0.2, 0.25) is 0 Å². The highest BCUT2D eigenvalue weighted by Gasteiger charge is 2.30. The van der Waals surface area contributed by atoms with Crippen molar-refractivity contribution >= 4 is 0 Å². The Hall–Kier alpha value is -0.260. The Labute approximate surface area is 51.6 Å². The van der Waals surface area contributed by atoms with Crippen LogP contribution >= 0.6 is 0 Å². The van der Waals surface area contributed by atoms with E-state index in [1.807, 2.05) is 0 Å². The molecule has 0 heterocycles. The molecule has 0 N–H and O–H groups in total. The van der Waals surface area contributed by atoms with Gasteiger partial charge in [0.25, 0.3) is 0 Å². The van der Waals surface area contributed by atoms with Crippen molar-refractivity contribution in [3.8, 4) is 0 Å². The molecule has 1 saturated carbocycles. The molecule has 0 saturated heterocycles. The van der Waals surface area contributed by atoms with Crippen LogP contribution in [0.4, 0.5) is 0 Å². The van der Waals surface area contributed by atoms with Gasteiger partial charge in [0.05, 0.1) is 0 Å². The molecule has 2 atom stereocenters. The second kappa shape index (κ2) is 2.34. The molecule has 46 valence electrons. The molecule has 0 nitrogen and oxygen atoms in total. The van der Waals surface area contributed by atoms with E-state index < -0.39 is 0 Å². The van der Waals surface area contributed by atoms with Gasteiger partial charge in [0, 0.05) is 0 Å². The molecule has 1 aliphatic carbocycles. The smallest absolute Gasteiger partial charge is 0.0320 e. The van der Waals surface area contributed by atoms with Gasteiger partial charge in [-0.15, -0.1) is 0 Å². The van der Waals surface area contributed by atoms with Crippen molar-refractivity contribution in [3.05, 3.63) is 12.2 Å². The monoisotopic (exact) mass is 110 g/mol. The fourth-order valence-corrected chi connectivity index (χ4v) is 1.04. The fourth-order valence-electron chi connectivity index (χ4n) is 1.04. The van der Waals surface area contributed by atoms with Crippen molar-refractivity contribution in [1.82, 2.24) is 0 Å². The van der Waals surface area contributed by atoms with Gasteiger partial charge in [0.2, 0.25) is 0 Å². The normalized spacial score (nSPS) is 36.2. The van der Waals surface area contributed by atoms with E-state index >= 15 is 0 Å². The topological polar surface area (TPSA) is 0 Å². The van der Waals surface area contributed by atoms with Crippen LogP contribution in [0.25, 0.3) is 0 Å². The molecule has 0 amide bonds. The molecule has 1 rings (SSSR count). The van der Waals surface area contributed by atoms with Crippen LogP contribution in [0.3, 0.4) is 0 Å². The highest BCUT2D eigenvalue weighted by molar-refractivity contribution is 4.90. The average molecular weight is 110 g/mol. The summed E-state index contributed by atoms with van der Waals surface area (Å²) in [5.41, 5.74) is 0. The van der Waals surface area contributed by atoms with Crippen LogP contribution in [0.15, 0.2) is 12.2 Å². The van der Waals surface area contributed by atoms with Gasteiger partial charge in [0.1, 0.15) is 0 Å². The summed E-state index contributed by atoms with van der Waals surface area (Å²) in [6.45, 7) is 4.42. The predicted molar refractivity (Wildman–Crippen MR) is 36.7 cm³/mol. The first-order valence-corrected chi connectivity index (χ1v) is 3.45. The summed E-state index contributed by atoms with van der Waals surface area (Å²) in [5, 5.41) is 0. The number of allylic oxidation sites excluding steroid dienone is 2. The minimum Gasteiger partial charge on any atom is -0.0917 e. The lowest BCUT2D eigenvalue weighted by molar-refractivity contribution is 0.765. The minimum absolute atomic E-state index is 1.02. The molecule has 0 spiro atoms. The molecule has 0 radical (unpaired) electrons. The Morgan fingerprint density at radius 3 is 2.62 bits per heavy atom. The van der Waals surface area contributed by atoms with Crippen molar-refractivity contribution in [3.63, 3.8) is 0 Å². The summed E-state index contributed by atoms with van der Waals surface area (Å²) >= 11 is 0.